The van der Waals surface area contributed by atoms with E-state index in [2.05, 4.69) is 78.7 Å². The van der Waals surface area contributed by atoms with Crippen LogP contribution in [0.3, 0.4) is 0 Å². The fraction of sp³-hybridized carbons (Fsp3) is 0.0556. The first-order chi connectivity index (χ1) is 19.9. The predicted octanol–water partition coefficient (Wildman–Crippen LogP) is 7.12. The number of benzene rings is 5. The number of ketones is 2. The monoisotopic (exact) mass is 611 g/mol. The Morgan fingerprint density at radius 2 is 1.05 bits per heavy atom. The topological polar surface area (TPSA) is 37.4 Å². The number of anilines is 3. The third-order valence-corrected chi connectivity index (χ3v) is 14.3. The van der Waals surface area contributed by atoms with Crippen LogP contribution in [-0.2, 0) is 0 Å². The van der Waals surface area contributed by atoms with Crippen LogP contribution in [0.2, 0.25) is 13.1 Å². The first-order valence-electron chi connectivity index (χ1n) is 13.8. The van der Waals surface area contributed by atoms with Gasteiger partial charge in [0.05, 0.1) is 0 Å². The van der Waals surface area contributed by atoms with Gasteiger partial charge in [-0.3, -0.25) is 0 Å². The van der Waals surface area contributed by atoms with Gasteiger partial charge >= 0.3 is 246 Å². The number of carbonyl (C=O) groups excluding carboxylic acids is 2. The molecule has 2 heterocycles. The Morgan fingerprint density at radius 1 is 0.585 bits per heavy atom. The van der Waals surface area contributed by atoms with Crippen molar-refractivity contribution in [1.82, 2.24) is 0 Å². The minimum absolute atomic E-state index is 0.0737. The van der Waals surface area contributed by atoms with Crippen molar-refractivity contribution < 1.29 is 9.59 Å². The number of fused-ring (bicyclic) bond motifs is 8. The Morgan fingerprint density at radius 3 is 1.59 bits per heavy atom. The van der Waals surface area contributed by atoms with Gasteiger partial charge in [-0.1, -0.05) is 0 Å². The summed E-state index contributed by atoms with van der Waals surface area (Å²) in [6.45, 7) is 4.85. The molecule has 1 aliphatic carbocycles. The van der Waals surface area contributed by atoms with Crippen LogP contribution in [0.25, 0.3) is 27.6 Å². The van der Waals surface area contributed by atoms with Gasteiger partial charge < -0.3 is 0 Å². The number of rotatable bonds is 2. The van der Waals surface area contributed by atoms with Crippen LogP contribution in [0.4, 0.5) is 15.9 Å². The number of Topliss-reactive ketones (excluding diaryl/α,β-unsaturated/α-hetero) is 2. The zero-order chi connectivity index (χ0) is 27.9. The summed E-state index contributed by atoms with van der Waals surface area (Å²) in [6, 6.07) is 37.6. The van der Waals surface area contributed by atoms with E-state index >= 15 is 0 Å². The molecular weight excluding hydrogens is 585 g/mol. The molecule has 0 saturated heterocycles. The molecule has 3 nitrogen and oxygen atoms in total. The van der Waals surface area contributed by atoms with Gasteiger partial charge in [-0.15, -0.1) is 0 Å². The Hall–Kier alpha value is -4.28. The third kappa shape index (κ3) is 3.44. The average Bonchev–Trinajstić information content (AvgIpc) is 3.56. The van der Waals surface area contributed by atoms with Gasteiger partial charge in [-0.25, -0.2) is 0 Å². The Balaban J connectivity index is 1.26. The predicted molar refractivity (Wildman–Crippen MR) is 173 cm³/mol. The minimum atomic E-state index is -1.85. The van der Waals surface area contributed by atoms with Crippen molar-refractivity contribution in [2.75, 3.05) is 4.90 Å². The van der Waals surface area contributed by atoms with Crippen LogP contribution in [0.1, 0.15) is 25.2 Å². The summed E-state index contributed by atoms with van der Waals surface area (Å²) in [5.74, 6) is -0.336. The molecule has 6 aromatic rings. The number of allylic oxidation sites excluding steroid dienone is 1. The van der Waals surface area contributed by atoms with E-state index in [-0.39, 0.29) is 31.6 Å². The second-order valence-corrected chi connectivity index (χ2v) is 17.9. The van der Waals surface area contributed by atoms with E-state index in [0.717, 1.165) is 26.0 Å². The summed E-state index contributed by atoms with van der Waals surface area (Å²) < 4.78 is 2.24. The van der Waals surface area contributed by atoms with Gasteiger partial charge in [0, 0.05) is 0 Å². The molecule has 0 spiro atoms. The van der Waals surface area contributed by atoms with Crippen LogP contribution >= 0.6 is 0 Å². The number of hydrogen-bond acceptors (Lipinski definition) is 3. The van der Waals surface area contributed by atoms with Gasteiger partial charge in [0.1, 0.15) is 0 Å². The molecule has 0 fully saturated rings. The van der Waals surface area contributed by atoms with E-state index in [1.807, 2.05) is 54.6 Å². The second-order valence-electron chi connectivity index (χ2n) is 11.2. The Bertz CT molecular complexity index is 2010. The zero-order valence-corrected chi connectivity index (χ0v) is 25.4. The molecular formula is C36H25NO2SeSi. The molecule has 0 bridgehead atoms. The maximum absolute atomic E-state index is 13.9. The average molecular weight is 611 g/mol. The van der Waals surface area contributed by atoms with Gasteiger partial charge in [0.25, 0.3) is 0 Å². The second kappa shape index (κ2) is 8.86. The summed E-state index contributed by atoms with van der Waals surface area (Å²) in [7, 11) is -1.85. The van der Waals surface area contributed by atoms with Crippen molar-refractivity contribution >= 4 is 88.1 Å². The standard InChI is InChI=1S/C36H25NO2SeSi/c1-41(2)30-17-9-7-15-28(30)37(29-16-8-10-18-31(29)41)32-20-19-22(40-32)21-27-35(38)33-25-13-5-3-11-23(25)24-12-4-6-14-26(24)34(33)36(27)39/h3-21H,1-2H3. The molecule has 0 saturated carbocycles. The number of hydrogen-bond donors (Lipinski definition) is 0. The number of carbonyl (C=O) groups is 2. The van der Waals surface area contributed by atoms with Crippen molar-refractivity contribution in [2.24, 2.45) is 0 Å². The summed E-state index contributed by atoms with van der Waals surface area (Å²) in [4.78, 5) is 30.2. The molecule has 2 aliphatic rings. The molecule has 5 aromatic carbocycles. The van der Waals surface area contributed by atoms with Crippen LogP contribution in [0.15, 0.2) is 115 Å². The van der Waals surface area contributed by atoms with Crippen molar-refractivity contribution in [1.29, 1.82) is 0 Å². The van der Waals surface area contributed by atoms with E-state index in [1.54, 1.807) is 0 Å². The number of nitrogens with zero attached hydrogens (tertiary/aromatic N) is 1. The fourth-order valence-corrected chi connectivity index (χ4v) is 11.7. The summed E-state index contributed by atoms with van der Waals surface area (Å²) in [5, 5.41) is 6.56. The summed E-state index contributed by atoms with van der Waals surface area (Å²) >= 11 is -0.0737. The van der Waals surface area contributed by atoms with Crippen molar-refractivity contribution in [3.05, 3.63) is 130 Å². The third-order valence-electron chi connectivity index (χ3n) is 8.63. The van der Waals surface area contributed by atoms with Gasteiger partial charge in [0.2, 0.25) is 0 Å². The molecule has 1 aliphatic heterocycles. The summed E-state index contributed by atoms with van der Waals surface area (Å²) in [5.41, 5.74) is 3.85. The molecule has 5 heteroatoms. The van der Waals surface area contributed by atoms with Crippen LogP contribution in [0, 0.1) is 0 Å². The van der Waals surface area contributed by atoms with Crippen LogP contribution < -0.4 is 15.3 Å². The molecule has 0 N–H and O–H groups in total. The quantitative estimate of drug-likeness (QED) is 0.0907. The Kier molecular flexibility index (Phi) is 5.29. The van der Waals surface area contributed by atoms with E-state index in [1.165, 1.54) is 26.3 Å². The SMILES string of the molecule is C[Si]1(C)c2ccccc2N(c2ccc(C=C3C(=O)c4c(c5ccccc5c5ccccc45)C3=O)[se]2)c2ccccc21. The maximum atomic E-state index is 13.9. The van der Waals surface area contributed by atoms with Gasteiger partial charge in [-0.2, -0.15) is 0 Å². The molecule has 0 amide bonds. The molecule has 0 radical (unpaired) electrons. The van der Waals surface area contributed by atoms with Gasteiger partial charge in [0.15, 0.2) is 0 Å². The van der Waals surface area contributed by atoms with Gasteiger partial charge in [-0.05, 0) is 0 Å². The van der Waals surface area contributed by atoms with E-state index in [4.69, 9.17) is 0 Å². The molecule has 8 rings (SSSR count). The fourth-order valence-electron chi connectivity index (χ4n) is 6.71. The first kappa shape index (κ1) is 24.5. The summed E-state index contributed by atoms with van der Waals surface area (Å²) in [6.07, 6.45) is 1.86. The molecule has 0 atom stereocenters. The molecule has 0 unspecified atom stereocenters. The van der Waals surface area contributed by atoms with Crippen LogP contribution in [-0.4, -0.2) is 34.1 Å². The first-order valence-corrected chi connectivity index (χ1v) is 18.5. The van der Waals surface area contributed by atoms with Crippen molar-refractivity contribution in [3.63, 3.8) is 0 Å². The molecule has 1 aromatic heterocycles. The van der Waals surface area contributed by atoms with E-state index in [0.29, 0.717) is 11.1 Å². The Labute approximate surface area is 245 Å². The van der Waals surface area contributed by atoms with E-state index in [9.17, 15) is 9.59 Å². The molecule has 41 heavy (non-hydrogen) atoms. The number of para-hydroxylation sites is 2. The van der Waals surface area contributed by atoms with Crippen molar-refractivity contribution in [2.45, 2.75) is 13.1 Å². The van der Waals surface area contributed by atoms with Crippen LogP contribution in [0.5, 0.6) is 0 Å². The zero-order valence-electron chi connectivity index (χ0n) is 22.6. The van der Waals surface area contributed by atoms with E-state index < -0.39 is 8.07 Å². The van der Waals surface area contributed by atoms with Crippen molar-refractivity contribution in [3.8, 4) is 0 Å². The normalized spacial score (nSPS) is 15.3. The molecule has 196 valence electrons.